The first-order valence-corrected chi connectivity index (χ1v) is 11.7. The lowest BCUT2D eigenvalue weighted by Crippen LogP contribution is -2.18. The van der Waals surface area contributed by atoms with E-state index in [1.54, 1.807) is 41.1 Å². The van der Waals surface area contributed by atoms with Gasteiger partial charge in [0.2, 0.25) is 5.91 Å². The molecular formula is C21H20ClN3O2S3. The average Bonchev–Trinajstić information content (AvgIpc) is 3.08. The number of carbonyl (C=O) groups excluding carboxylic acids is 2. The molecule has 2 aromatic carbocycles. The predicted molar refractivity (Wildman–Crippen MR) is 127 cm³/mol. The van der Waals surface area contributed by atoms with Crippen molar-refractivity contribution >= 4 is 64.3 Å². The van der Waals surface area contributed by atoms with E-state index in [4.69, 9.17) is 23.8 Å². The van der Waals surface area contributed by atoms with Crippen LogP contribution in [0.3, 0.4) is 0 Å². The SMILES string of the molecule is CC(C)C(=O)Nc1ccc(C(=O)C(C)Sc2nn(-c3ccc(Cl)cc3)c(=S)s2)cc1. The summed E-state index contributed by atoms with van der Waals surface area (Å²) >= 11 is 14.1. The quantitative estimate of drug-likeness (QED) is 0.246. The fourth-order valence-corrected chi connectivity index (χ4v) is 5.21. The first kappa shape index (κ1) is 22.7. The lowest BCUT2D eigenvalue weighted by Gasteiger charge is -2.10. The summed E-state index contributed by atoms with van der Waals surface area (Å²) in [6, 6.07) is 14.2. The predicted octanol–water partition coefficient (Wildman–Crippen LogP) is 6.27. The lowest BCUT2D eigenvalue weighted by atomic mass is 10.1. The highest BCUT2D eigenvalue weighted by atomic mass is 35.5. The van der Waals surface area contributed by atoms with Crippen LogP contribution in [-0.2, 0) is 4.79 Å². The Balaban J connectivity index is 1.68. The highest BCUT2D eigenvalue weighted by Gasteiger charge is 2.19. The van der Waals surface area contributed by atoms with Gasteiger partial charge in [-0.3, -0.25) is 9.59 Å². The molecule has 1 unspecified atom stereocenters. The molecule has 0 aliphatic heterocycles. The molecular weight excluding hydrogens is 458 g/mol. The van der Waals surface area contributed by atoms with Crippen LogP contribution >= 0.6 is 46.9 Å². The van der Waals surface area contributed by atoms with E-state index < -0.39 is 0 Å². The Kier molecular flexibility index (Phi) is 7.46. The molecule has 0 aliphatic carbocycles. The Morgan fingerprint density at radius 1 is 1.10 bits per heavy atom. The van der Waals surface area contributed by atoms with Crippen LogP contribution in [-0.4, -0.2) is 26.7 Å². The summed E-state index contributed by atoms with van der Waals surface area (Å²) in [6.45, 7) is 5.50. The Hall–Kier alpha value is -2.00. The fraction of sp³-hybridized carbons (Fsp3) is 0.238. The van der Waals surface area contributed by atoms with Crippen molar-refractivity contribution in [2.75, 3.05) is 5.32 Å². The molecule has 156 valence electrons. The van der Waals surface area contributed by atoms with Crippen molar-refractivity contribution in [1.29, 1.82) is 0 Å². The third-order valence-corrected chi connectivity index (χ3v) is 6.88. The minimum absolute atomic E-state index is 0.0131. The number of thioether (sulfide) groups is 1. The fourth-order valence-electron chi connectivity index (χ4n) is 2.50. The van der Waals surface area contributed by atoms with E-state index in [0.717, 1.165) is 10.0 Å². The molecule has 9 heteroatoms. The maximum atomic E-state index is 12.8. The molecule has 1 atom stereocenters. The van der Waals surface area contributed by atoms with Gasteiger partial charge in [-0.1, -0.05) is 48.5 Å². The Bertz CT molecular complexity index is 1110. The topological polar surface area (TPSA) is 64.0 Å². The molecule has 30 heavy (non-hydrogen) atoms. The van der Waals surface area contributed by atoms with Crippen molar-refractivity contribution in [1.82, 2.24) is 9.78 Å². The van der Waals surface area contributed by atoms with Gasteiger partial charge in [0.1, 0.15) is 0 Å². The lowest BCUT2D eigenvalue weighted by molar-refractivity contribution is -0.118. The minimum Gasteiger partial charge on any atom is -0.326 e. The van der Waals surface area contributed by atoms with E-state index in [-0.39, 0.29) is 22.9 Å². The number of ketones is 1. The molecule has 1 aromatic heterocycles. The number of amides is 1. The van der Waals surface area contributed by atoms with Crippen molar-refractivity contribution in [2.24, 2.45) is 5.92 Å². The number of carbonyl (C=O) groups is 2. The summed E-state index contributed by atoms with van der Waals surface area (Å²) in [5, 5.41) is 7.67. The number of aromatic nitrogens is 2. The third-order valence-electron chi connectivity index (χ3n) is 4.21. The van der Waals surface area contributed by atoms with Crippen molar-refractivity contribution in [3.8, 4) is 5.69 Å². The maximum absolute atomic E-state index is 12.8. The Labute approximate surface area is 193 Å². The van der Waals surface area contributed by atoms with Gasteiger partial charge in [0.25, 0.3) is 0 Å². The Morgan fingerprint density at radius 3 is 2.33 bits per heavy atom. The summed E-state index contributed by atoms with van der Waals surface area (Å²) in [4.78, 5) is 24.6. The standard InChI is InChI=1S/C21H20ClN3O2S3/c1-12(2)19(27)23-16-8-4-14(5-9-16)18(26)13(3)29-20-24-25(21(28)30-20)17-10-6-15(22)7-11-17/h4-13H,1-3H3,(H,23,27). The molecule has 0 saturated heterocycles. The van der Waals surface area contributed by atoms with Crippen LogP contribution in [0.1, 0.15) is 31.1 Å². The van der Waals surface area contributed by atoms with E-state index in [1.807, 2.05) is 32.9 Å². The van der Waals surface area contributed by atoms with Gasteiger partial charge < -0.3 is 5.32 Å². The van der Waals surface area contributed by atoms with Gasteiger partial charge in [0.05, 0.1) is 10.9 Å². The zero-order valence-electron chi connectivity index (χ0n) is 16.6. The van der Waals surface area contributed by atoms with E-state index in [9.17, 15) is 9.59 Å². The summed E-state index contributed by atoms with van der Waals surface area (Å²) in [5.74, 6) is -0.178. The summed E-state index contributed by atoms with van der Waals surface area (Å²) in [5.41, 5.74) is 2.08. The molecule has 3 aromatic rings. The van der Waals surface area contributed by atoms with Crippen LogP contribution in [0.5, 0.6) is 0 Å². The second-order valence-corrected chi connectivity index (χ2v) is 10.5. The van der Waals surface area contributed by atoms with Gasteiger partial charge in [-0.2, -0.15) is 0 Å². The van der Waals surface area contributed by atoms with Gasteiger partial charge in [-0.25, -0.2) is 4.68 Å². The van der Waals surface area contributed by atoms with Crippen molar-refractivity contribution in [3.63, 3.8) is 0 Å². The van der Waals surface area contributed by atoms with Crippen LogP contribution < -0.4 is 5.32 Å². The first-order chi connectivity index (χ1) is 14.2. The smallest absolute Gasteiger partial charge is 0.226 e. The summed E-state index contributed by atoms with van der Waals surface area (Å²) in [6.07, 6.45) is 0. The van der Waals surface area contributed by atoms with E-state index in [2.05, 4.69) is 10.4 Å². The summed E-state index contributed by atoms with van der Waals surface area (Å²) in [7, 11) is 0. The largest absolute Gasteiger partial charge is 0.326 e. The number of benzene rings is 2. The molecule has 1 heterocycles. The number of nitrogens with zero attached hydrogens (tertiary/aromatic N) is 2. The van der Waals surface area contributed by atoms with Crippen LogP contribution in [0.15, 0.2) is 52.9 Å². The molecule has 0 radical (unpaired) electrons. The van der Waals surface area contributed by atoms with Gasteiger partial charge in [-0.05, 0) is 67.7 Å². The average molecular weight is 478 g/mol. The second kappa shape index (κ2) is 9.87. The molecule has 5 nitrogen and oxygen atoms in total. The second-order valence-electron chi connectivity index (χ2n) is 6.87. The van der Waals surface area contributed by atoms with Crippen molar-refractivity contribution < 1.29 is 9.59 Å². The number of nitrogens with one attached hydrogen (secondary N) is 1. The molecule has 0 bridgehead atoms. The van der Waals surface area contributed by atoms with E-state index in [1.165, 1.54) is 23.1 Å². The Morgan fingerprint density at radius 2 is 1.73 bits per heavy atom. The van der Waals surface area contributed by atoms with Crippen LogP contribution in [0.4, 0.5) is 5.69 Å². The monoisotopic (exact) mass is 477 g/mol. The van der Waals surface area contributed by atoms with Crippen LogP contribution in [0.25, 0.3) is 5.69 Å². The molecule has 0 aliphatic rings. The van der Waals surface area contributed by atoms with Crippen molar-refractivity contribution in [3.05, 3.63) is 63.1 Å². The molecule has 0 saturated carbocycles. The van der Waals surface area contributed by atoms with Gasteiger partial charge in [0.15, 0.2) is 14.1 Å². The first-order valence-electron chi connectivity index (χ1n) is 9.22. The maximum Gasteiger partial charge on any atom is 0.226 e. The number of hydrogen-bond acceptors (Lipinski definition) is 6. The zero-order valence-corrected chi connectivity index (χ0v) is 19.8. The van der Waals surface area contributed by atoms with Gasteiger partial charge in [0, 0.05) is 22.2 Å². The summed E-state index contributed by atoms with van der Waals surface area (Å²) < 4.78 is 2.99. The number of Topliss-reactive ketones (excluding diaryl/α,β-unsaturated/α-hetero) is 1. The van der Waals surface area contributed by atoms with Gasteiger partial charge >= 0.3 is 0 Å². The minimum atomic E-state index is -0.333. The zero-order chi connectivity index (χ0) is 21.8. The van der Waals surface area contributed by atoms with E-state index in [0.29, 0.717) is 20.2 Å². The number of halogens is 1. The molecule has 0 spiro atoms. The molecule has 3 rings (SSSR count). The number of hydrogen-bond donors (Lipinski definition) is 1. The molecule has 0 fully saturated rings. The highest BCUT2D eigenvalue weighted by Crippen LogP contribution is 2.30. The molecule has 1 N–H and O–H groups in total. The number of anilines is 1. The normalized spacial score (nSPS) is 12.0. The molecule has 1 amide bonds. The third kappa shape index (κ3) is 5.57. The van der Waals surface area contributed by atoms with E-state index >= 15 is 0 Å². The van der Waals surface area contributed by atoms with Crippen LogP contribution in [0.2, 0.25) is 5.02 Å². The van der Waals surface area contributed by atoms with Crippen molar-refractivity contribution in [2.45, 2.75) is 30.4 Å². The van der Waals surface area contributed by atoms with Crippen LogP contribution in [0, 0.1) is 9.87 Å². The van der Waals surface area contributed by atoms with Gasteiger partial charge in [-0.15, -0.1) is 5.10 Å². The highest BCUT2D eigenvalue weighted by molar-refractivity contribution is 8.02. The number of rotatable bonds is 7.